The van der Waals surface area contributed by atoms with E-state index in [1.54, 1.807) is 0 Å². The maximum Gasteiger partial charge on any atom is 0.243 e. The van der Waals surface area contributed by atoms with Crippen molar-refractivity contribution in [2.75, 3.05) is 18.6 Å². The van der Waals surface area contributed by atoms with Crippen LogP contribution in [0.2, 0.25) is 5.02 Å². The molecule has 1 heterocycles. The third-order valence-corrected chi connectivity index (χ3v) is 4.97. The number of pyridine rings is 1. The van der Waals surface area contributed by atoms with E-state index in [0.29, 0.717) is 0 Å². The number of sulfonamides is 1. The Morgan fingerprint density at radius 2 is 2.00 bits per heavy atom. The maximum absolute atomic E-state index is 11.8. The number of hydrogen-bond donors (Lipinski definition) is 1. The zero-order valence-electron chi connectivity index (χ0n) is 9.63. The Labute approximate surface area is 111 Å². The summed E-state index contributed by atoms with van der Waals surface area (Å²) in [5.41, 5.74) is 0. The van der Waals surface area contributed by atoms with Crippen molar-refractivity contribution in [1.29, 1.82) is 0 Å². The largest absolute Gasteiger partial charge is 0.263 e. The molecule has 0 radical (unpaired) electrons. The number of hydrogen-bond acceptors (Lipinski definition) is 5. The molecule has 0 atom stereocenters. The van der Waals surface area contributed by atoms with E-state index in [1.807, 2.05) is 0 Å². The fourth-order valence-corrected chi connectivity index (χ4v) is 3.35. The number of sulfone groups is 1. The monoisotopic (exact) mass is 312 g/mol. The van der Waals surface area contributed by atoms with Crippen molar-refractivity contribution in [3.05, 3.63) is 23.5 Å². The lowest BCUT2D eigenvalue weighted by atomic mass is 10.5. The van der Waals surface area contributed by atoms with E-state index < -0.39 is 19.9 Å². The van der Waals surface area contributed by atoms with Gasteiger partial charge in [0.15, 0.2) is 0 Å². The summed E-state index contributed by atoms with van der Waals surface area (Å²) >= 11 is 5.74. The van der Waals surface area contributed by atoms with Gasteiger partial charge in [0.05, 0.1) is 10.8 Å². The molecular weight excluding hydrogens is 300 g/mol. The molecule has 1 rings (SSSR count). The van der Waals surface area contributed by atoms with Gasteiger partial charge in [0, 0.05) is 25.2 Å². The van der Waals surface area contributed by atoms with Gasteiger partial charge in [-0.25, -0.2) is 21.6 Å². The molecule has 9 heteroatoms. The van der Waals surface area contributed by atoms with Crippen LogP contribution in [0.1, 0.15) is 6.42 Å². The Bertz CT molecular complexity index is 613. The van der Waals surface area contributed by atoms with Gasteiger partial charge in [-0.2, -0.15) is 0 Å². The van der Waals surface area contributed by atoms with E-state index >= 15 is 0 Å². The summed E-state index contributed by atoms with van der Waals surface area (Å²) in [4.78, 5) is 3.56. The highest BCUT2D eigenvalue weighted by Gasteiger charge is 2.17. The Morgan fingerprint density at radius 3 is 2.56 bits per heavy atom. The lowest BCUT2D eigenvalue weighted by Gasteiger charge is -2.07. The van der Waals surface area contributed by atoms with E-state index in [1.165, 1.54) is 12.3 Å². The molecule has 1 aromatic heterocycles. The summed E-state index contributed by atoms with van der Waals surface area (Å²) in [7, 11) is -6.84. The van der Waals surface area contributed by atoms with Gasteiger partial charge in [-0.3, -0.25) is 4.98 Å². The number of halogens is 1. The normalized spacial score (nSPS) is 12.6. The van der Waals surface area contributed by atoms with Crippen molar-refractivity contribution in [3.63, 3.8) is 0 Å². The standard InChI is InChI=1S/C9H13ClN2O4S2/c1-17(13,14)6-2-4-12-18(15,16)9-7-11-5-3-8(9)10/h3,5,7,12H,2,4,6H2,1H3. The minimum absolute atomic E-state index is 0.0284. The summed E-state index contributed by atoms with van der Waals surface area (Å²) in [6, 6.07) is 1.37. The van der Waals surface area contributed by atoms with E-state index in [-0.39, 0.29) is 28.6 Å². The van der Waals surface area contributed by atoms with E-state index in [9.17, 15) is 16.8 Å². The van der Waals surface area contributed by atoms with E-state index in [2.05, 4.69) is 9.71 Å². The molecule has 0 aromatic carbocycles. The lowest BCUT2D eigenvalue weighted by molar-refractivity contribution is 0.577. The topological polar surface area (TPSA) is 93.2 Å². The molecule has 0 spiro atoms. The first-order chi connectivity index (χ1) is 8.22. The lowest BCUT2D eigenvalue weighted by Crippen LogP contribution is -2.26. The predicted octanol–water partition coefficient (Wildman–Crippen LogP) is 0.448. The fourth-order valence-electron chi connectivity index (χ4n) is 1.18. The SMILES string of the molecule is CS(=O)(=O)CCCNS(=O)(=O)c1cnccc1Cl. The van der Waals surface area contributed by atoms with Gasteiger partial charge >= 0.3 is 0 Å². The molecule has 0 saturated heterocycles. The zero-order chi connectivity index (χ0) is 13.8. The van der Waals surface area contributed by atoms with Crippen LogP contribution in [0.25, 0.3) is 0 Å². The molecule has 6 nitrogen and oxygen atoms in total. The third kappa shape index (κ3) is 4.89. The van der Waals surface area contributed by atoms with E-state index in [0.717, 1.165) is 12.5 Å². The van der Waals surface area contributed by atoms with Crippen LogP contribution in [0.15, 0.2) is 23.4 Å². The average Bonchev–Trinajstić information content (AvgIpc) is 2.24. The second kappa shape index (κ2) is 5.96. The van der Waals surface area contributed by atoms with Crippen LogP contribution >= 0.6 is 11.6 Å². The van der Waals surface area contributed by atoms with Crippen molar-refractivity contribution >= 4 is 31.5 Å². The Balaban J connectivity index is 2.65. The second-order valence-corrected chi connectivity index (χ2v) is 8.09. The van der Waals surface area contributed by atoms with Crippen LogP contribution < -0.4 is 4.72 Å². The highest BCUT2D eigenvalue weighted by Crippen LogP contribution is 2.18. The minimum atomic E-state index is -3.75. The first kappa shape index (κ1) is 15.4. The highest BCUT2D eigenvalue weighted by atomic mass is 35.5. The van der Waals surface area contributed by atoms with E-state index in [4.69, 9.17) is 11.6 Å². The van der Waals surface area contributed by atoms with Crippen LogP contribution in [0.4, 0.5) is 0 Å². The molecule has 18 heavy (non-hydrogen) atoms. The Morgan fingerprint density at radius 1 is 1.33 bits per heavy atom. The maximum atomic E-state index is 11.8. The van der Waals surface area contributed by atoms with Gasteiger partial charge in [-0.05, 0) is 12.5 Å². The smallest absolute Gasteiger partial charge is 0.243 e. The van der Waals surface area contributed by atoms with Gasteiger partial charge in [-0.1, -0.05) is 11.6 Å². The Hall–Kier alpha value is -0.700. The molecular formula is C9H13ClN2O4S2. The van der Waals surface area contributed by atoms with Gasteiger partial charge < -0.3 is 0 Å². The van der Waals surface area contributed by atoms with Gasteiger partial charge in [0.2, 0.25) is 10.0 Å². The number of aromatic nitrogens is 1. The van der Waals surface area contributed by atoms with Gasteiger partial charge in [0.1, 0.15) is 14.7 Å². The van der Waals surface area contributed by atoms with Crippen molar-refractivity contribution in [3.8, 4) is 0 Å². The second-order valence-electron chi connectivity index (χ2n) is 3.69. The molecule has 0 aliphatic carbocycles. The number of nitrogens with zero attached hydrogens (tertiary/aromatic N) is 1. The summed E-state index contributed by atoms with van der Waals surface area (Å²) in [6.07, 6.45) is 3.82. The molecule has 0 saturated carbocycles. The summed E-state index contributed by atoms with van der Waals surface area (Å²) in [6.45, 7) is 0.0284. The van der Waals surface area contributed by atoms with Crippen molar-refractivity contribution in [2.24, 2.45) is 0 Å². The van der Waals surface area contributed by atoms with Crippen LogP contribution in [0.3, 0.4) is 0 Å². The Kier molecular flexibility index (Phi) is 5.09. The summed E-state index contributed by atoms with van der Waals surface area (Å²) in [5.74, 6) is -0.0731. The van der Waals surface area contributed by atoms with Gasteiger partial charge in [0.25, 0.3) is 0 Å². The predicted molar refractivity (Wildman–Crippen MR) is 68.8 cm³/mol. The molecule has 1 aromatic rings. The number of rotatable bonds is 6. The van der Waals surface area contributed by atoms with Crippen LogP contribution in [0, 0.1) is 0 Å². The highest BCUT2D eigenvalue weighted by molar-refractivity contribution is 7.90. The third-order valence-electron chi connectivity index (χ3n) is 2.01. The molecule has 1 N–H and O–H groups in total. The minimum Gasteiger partial charge on any atom is -0.263 e. The molecule has 0 bridgehead atoms. The van der Waals surface area contributed by atoms with Crippen LogP contribution in [-0.2, 0) is 19.9 Å². The molecule has 0 amide bonds. The molecule has 102 valence electrons. The van der Waals surface area contributed by atoms with Crippen molar-refractivity contribution in [1.82, 2.24) is 9.71 Å². The van der Waals surface area contributed by atoms with Crippen LogP contribution in [0.5, 0.6) is 0 Å². The first-order valence-corrected chi connectivity index (χ1v) is 8.91. The zero-order valence-corrected chi connectivity index (χ0v) is 12.0. The number of nitrogens with one attached hydrogen (secondary N) is 1. The molecule has 0 fully saturated rings. The summed E-state index contributed by atoms with van der Waals surface area (Å²) in [5, 5.41) is 0.0700. The van der Waals surface area contributed by atoms with Gasteiger partial charge in [-0.15, -0.1) is 0 Å². The fraction of sp³-hybridized carbons (Fsp3) is 0.444. The first-order valence-electron chi connectivity index (χ1n) is 4.99. The van der Waals surface area contributed by atoms with Crippen LogP contribution in [-0.4, -0.2) is 40.4 Å². The van der Waals surface area contributed by atoms with Crippen molar-refractivity contribution < 1.29 is 16.8 Å². The molecule has 0 aliphatic heterocycles. The molecule has 0 aliphatic rings. The van der Waals surface area contributed by atoms with Crippen molar-refractivity contribution in [2.45, 2.75) is 11.3 Å². The average molecular weight is 313 g/mol. The summed E-state index contributed by atoms with van der Waals surface area (Å²) < 4.78 is 47.6. The quantitative estimate of drug-likeness (QED) is 0.770. The molecule has 0 unspecified atom stereocenters.